The second-order valence-electron chi connectivity index (χ2n) is 4.67. The number of hydrogen-bond donors (Lipinski definition) is 1. The van der Waals surface area contributed by atoms with Crippen molar-refractivity contribution in [2.24, 2.45) is 7.05 Å². The van der Waals surface area contributed by atoms with Crippen LogP contribution in [0.4, 0.5) is 5.69 Å². The topological polar surface area (TPSA) is 60.3 Å². The van der Waals surface area contributed by atoms with Crippen LogP contribution in [0.25, 0.3) is 0 Å². The van der Waals surface area contributed by atoms with Gasteiger partial charge >= 0.3 is 0 Å². The Morgan fingerprint density at radius 2 is 2.05 bits per heavy atom. The molecule has 0 saturated carbocycles. The van der Waals surface area contributed by atoms with Gasteiger partial charge in [0.2, 0.25) is 5.43 Å². The van der Waals surface area contributed by atoms with Crippen LogP contribution in [0.3, 0.4) is 0 Å². The minimum absolute atomic E-state index is 0.150. The second-order valence-corrected chi connectivity index (χ2v) is 5.51. The zero-order chi connectivity index (χ0) is 16.3. The lowest BCUT2D eigenvalue weighted by molar-refractivity contribution is -0.118. The van der Waals surface area contributed by atoms with Crippen LogP contribution in [-0.4, -0.2) is 17.1 Å². The van der Waals surface area contributed by atoms with Crippen molar-refractivity contribution >= 4 is 34.8 Å². The third-order valence-corrected chi connectivity index (χ3v) is 3.65. The third kappa shape index (κ3) is 3.81. The SMILES string of the molecule is Cc1c(OCC(=O)Nc2cc(Cl)ccc2Cl)c(=O)ccn1C. The van der Waals surface area contributed by atoms with Crippen molar-refractivity contribution in [1.29, 1.82) is 0 Å². The highest BCUT2D eigenvalue weighted by Gasteiger charge is 2.11. The van der Waals surface area contributed by atoms with Gasteiger partial charge in [-0.15, -0.1) is 0 Å². The predicted octanol–water partition coefficient (Wildman–Crippen LogP) is 3.02. The van der Waals surface area contributed by atoms with E-state index in [2.05, 4.69) is 5.32 Å². The Morgan fingerprint density at radius 1 is 1.32 bits per heavy atom. The molecule has 0 bridgehead atoms. The number of aryl methyl sites for hydroxylation is 1. The van der Waals surface area contributed by atoms with Crippen LogP contribution in [0.2, 0.25) is 10.0 Å². The van der Waals surface area contributed by atoms with Gasteiger partial charge in [-0.3, -0.25) is 9.59 Å². The summed E-state index contributed by atoms with van der Waals surface area (Å²) < 4.78 is 7.07. The summed E-state index contributed by atoms with van der Waals surface area (Å²) >= 11 is 11.8. The van der Waals surface area contributed by atoms with Crippen LogP contribution in [0.15, 0.2) is 35.3 Å². The van der Waals surface area contributed by atoms with Gasteiger partial charge in [-0.05, 0) is 25.1 Å². The molecule has 0 spiro atoms. The normalized spacial score (nSPS) is 10.4. The molecule has 1 amide bonds. The smallest absolute Gasteiger partial charge is 0.262 e. The molecule has 0 aliphatic heterocycles. The van der Waals surface area contributed by atoms with E-state index in [9.17, 15) is 9.59 Å². The summed E-state index contributed by atoms with van der Waals surface area (Å²) in [5.41, 5.74) is 0.755. The lowest BCUT2D eigenvalue weighted by atomic mass is 10.3. The van der Waals surface area contributed by atoms with E-state index in [-0.39, 0.29) is 17.8 Å². The molecule has 5 nitrogen and oxygen atoms in total. The lowest BCUT2D eigenvalue weighted by Gasteiger charge is -2.12. The first-order valence-electron chi connectivity index (χ1n) is 6.42. The largest absolute Gasteiger partial charge is 0.478 e. The van der Waals surface area contributed by atoms with Gasteiger partial charge in [0, 0.05) is 24.3 Å². The Morgan fingerprint density at radius 3 is 2.77 bits per heavy atom. The molecule has 0 aliphatic carbocycles. The predicted molar refractivity (Wildman–Crippen MR) is 87.0 cm³/mol. The fourth-order valence-electron chi connectivity index (χ4n) is 1.80. The maximum absolute atomic E-state index is 11.9. The van der Waals surface area contributed by atoms with E-state index in [1.807, 2.05) is 0 Å². The number of nitrogens with one attached hydrogen (secondary N) is 1. The highest BCUT2D eigenvalue weighted by molar-refractivity contribution is 6.35. The van der Waals surface area contributed by atoms with Crippen molar-refractivity contribution < 1.29 is 9.53 Å². The number of halogens is 2. The molecule has 22 heavy (non-hydrogen) atoms. The zero-order valence-corrected chi connectivity index (χ0v) is 13.5. The molecule has 0 radical (unpaired) electrons. The third-order valence-electron chi connectivity index (χ3n) is 3.08. The second kappa shape index (κ2) is 6.85. The number of aromatic nitrogens is 1. The molecule has 116 valence electrons. The number of ether oxygens (including phenoxy) is 1. The summed E-state index contributed by atoms with van der Waals surface area (Å²) in [6.07, 6.45) is 1.64. The molecule has 1 N–H and O–H groups in total. The van der Waals surface area contributed by atoms with Gasteiger partial charge in [0.15, 0.2) is 12.4 Å². The summed E-state index contributed by atoms with van der Waals surface area (Å²) in [6, 6.07) is 6.12. The summed E-state index contributed by atoms with van der Waals surface area (Å²) in [5.74, 6) is -0.285. The molecule has 1 heterocycles. The van der Waals surface area contributed by atoms with Crippen LogP contribution < -0.4 is 15.5 Å². The van der Waals surface area contributed by atoms with Crippen molar-refractivity contribution in [1.82, 2.24) is 4.57 Å². The number of anilines is 1. The molecule has 0 atom stereocenters. The molecule has 0 fully saturated rings. The summed E-state index contributed by atoms with van der Waals surface area (Å²) in [5, 5.41) is 3.40. The number of carbonyl (C=O) groups excluding carboxylic acids is 1. The van der Waals surface area contributed by atoms with Gasteiger partial charge in [0.05, 0.1) is 16.4 Å². The Balaban J connectivity index is 2.06. The Bertz CT molecular complexity index is 772. The molecule has 0 unspecified atom stereocenters. The standard InChI is InChI=1S/C15H14Cl2N2O3/c1-9-15(13(20)5-6-19(9)2)22-8-14(21)18-12-7-10(16)3-4-11(12)17/h3-7H,8H2,1-2H3,(H,18,21). The molecule has 1 aromatic heterocycles. The number of amides is 1. The van der Waals surface area contributed by atoms with E-state index in [4.69, 9.17) is 27.9 Å². The molecular weight excluding hydrogens is 327 g/mol. The van der Waals surface area contributed by atoms with Gasteiger partial charge in [-0.1, -0.05) is 23.2 Å². The van der Waals surface area contributed by atoms with Crippen molar-refractivity contribution in [3.05, 3.63) is 56.4 Å². The van der Waals surface area contributed by atoms with Crippen LogP contribution in [0.5, 0.6) is 5.75 Å². The first-order chi connectivity index (χ1) is 10.4. The van der Waals surface area contributed by atoms with E-state index < -0.39 is 5.91 Å². The van der Waals surface area contributed by atoms with Crippen molar-refractivity contribution in [2.75, 3.05) is 11.9 Å². The highest BCUT2D eigenvalue weighted by Crippen LogP contribution is 2.25. The Kier molecular flexibility index (Phi) is 5.11. The van der Waals surface area contributed by atoms with Crippen LogP contribution >= 0.6 is 23.2 Å². The van der Waals surface area contributed by atoms with Crippen LogP contribution in [0.1, 0.15) is 5.69 Å². The molecule has 2 aromatic rings. The minimum atomic E-state index is -0.436. The van der Waals surface area contributed by atoms with E-state index in [1.165, 1.54) is 12.1 Å². The van der Waals surface area contributed by atoms with Gasteiger partial charge in [0.25, 0.3) is 5.91 Å². The average molecular weight is 341 g/mol. The minimum Gasteiger partial charge on any atom is -0.478 e. The highest BCUT2D eigenvalue weighted by atomic mass is 35.5. The van der Waals surface area contributed by atoms with Gasteiger partial charge in [-0.2, -0.15) is 0 Å². The number of hydrogen-bond acceptors (Lipinski definition) is 3. The van der Waals surface area contributed by atoms with Crippen molar-refractivity contribution in [3.63, 3.8) is 0 Å². The lowest BCUT2D eigenvalue weighted by Crippen LogP contribution is -2.23. The van der Waals surface area contributed by atoms with E-state index >= 15 is 0 Å². The van der Waals surface area contributed by atoms with E-state index in [0.717, 1.165) is 0 Å². The number of pyridine rings is 1. The zero-order valence-electron chi connectivity index (χ0n) is 12.0. The first-order valence-corrected chi connectivity index (χ1v) is 7.18. The van der Waals surface area contributed by atoms with Crippen molar-refractivity contribution in [3.8, 4) is 5.75 Å². The Labute approximate surface area is 137 Å². The van der Waals surface area contributed by atoms with Gasteiger partial charge in [0.1, 0.15) is 0 Å². The maximum Gasteiger partial charge on any atom is 0.262 e. The number of rotatable bonds is 4. The van der Waals surface area contributed by atoms with Crippen molar-refractivity contribution in [2.45, 2.75) is 6.92 Å². The number of nitrogens with zero attached hydrogens (tertiary/aromatic N) is 1. The van der Waals surface area contributed by atoms with Crippen LogP contribution in [0, 0.1) is 6.92 Å². The fraction of sp³-hybridized carbons (Fsp3) is 0.200. The molecular formula is C15H14Cl2N2O3. The fourth-order valence-corrected chi connectivity index (χ4v) is 2.14. The molecule has 2 rings (SSSR count). The van der Waals surface area contributed by atoms with E-state index in [0.29, 0.717) is 21.4 Å². The van der Waals surface area contributed by atoms with Gasteiger partial charge < -0.3 is 14.6 Å². The van der Waals surface area contributed by atoms with Gasteiger partial charge in [-0.25, -0.2) is 0 Å². The summed E-state index contributed by atoms with van der Waals surface area (Å²) in [4.78, 5) is 23.7. The molecule has 0 saturated heterocycles. The molecule has 0 aliphatic rings. The molecule has 7 heteroatoms. The monoisotopic (exact) mass is 340 g/mol. The number of benzene rings is 1. The number of carbonyl (C=O) groups is 1. The average Bonchev–Trinajstić information content (AvgIpc) is 2.47. The summed E-state index contributed by atoms with van der Waals surface area (Å²) in [7, 11) is 1.79. The quantitative estimate of drug-likeness (QED) is 0.930. The summed E-state index contributed by atoms with van der Waals surface area (Å²) in [6.45, 7) is 1.44. The van der Waals surface area contributed by atoms with E-state index in [1.54, 1.807) is 36.9 Å². The maximum atomic E-state index is 11.9. The first kappa shape index (κ1) is 16.4. The Hall–Kier alpha value is -1.98. The van der Waals surface area contributed by atoms with Crippen LogP contribution in [-0.2, 0) is 11.8 Å². The molecule has 1 aromatic carbocycles.